The molecule has 0 fully saturated rings. The van der Waals surface area contributed by atoms with E-state index < -0.39 is 11.8 Å². The van der Waals surface area contributed by atoms with Gasteiger partial charge >= 0.3 is 5.97 Å². The number of carboxylic acid groups (broad SMARTS) is 1. The van der Waals surface area contributed by atoms with Crippen LogP contribution < -0.4 is 0 Å². The highest BCUT2D eigenvalue weighted by atomic mass is 19.1. The standard InChI is InChI=1S/C12H8FNO3/c13-10-5-7(1-3-9(10)12(16)17)11-4-2-8(15)6-14-11/h1-6,15H,(H,16,17). The number of carbonyl (C=O) groups is 1. The zero-order valence-electron chi connectivity index (χ0n) is 8.59. The molecule has 1 aromatic carbocycles. The lowest BCUT2D eigenvalue weighted by Gasteiger charge is -2.03. The van der Waals surface area contributed by atoms with Crippen molar-refractivity contribution in [2.45, 2.75) is 0 Å². The number of hydrogen-bond donors (Lipinski definition) is 2. The van der Waals surface area contributed by atoms with E-state index in [9.17, 15) is 9.18 Å². The van der Waals surface area contributed by atoms with Gasteiger partial charge in [0, 0.05) is 5.56 Å². The van der Waals surface area contributed by atoms with Gasteiger partial charge in [0.25, 0.3) is 0 Å². The molecule has 0 bridgehead atoms. The number of aromatic hydroxyl groups is 1. The van der Waals surface area contributed by atoms with Gasteiger partial charge in [0.2, 0.25) is 0 Å². The van der Waals surface area contributed by atoms with Crippen LogP contribution in [0.5, 0.6) is 5.75 Å². The van der Waals surface area contributed by atoms with E-state index in [1.807, 2.05) is 0 Å². The highest BCUT2D eigenvalue weighted by molar-refractivity contribution is 5.88. The van der Waals surface area contributed by atoms with Crippen molar-refractivity contribution < 1.29 is 19.4 Å². The Bertz CT molecular complexity index is 566. The quantitative estimate of drug-likeness (QED) is 0.834. The van der Waals surface area contributed by atoms with E-state index in [2.05, 4.69) is 4.98 Å². The molecule has 4 nitrogen and oxygen atoms in total. The molecule has 0 unspecified atom stereocenters. The van der Waals surface area contributed by atoms with Crippen LogP contribution in [0.1, 0.15) is 10.4 Å². The number of rotatable bonds is 2. The highest BCUT2D eigenvalue weighted by Crippen LogP contribution is 2.21. The van der Waals surface area contributed by atoms with Crippen molar-refractivity contribution in [3.8, 4) is 17.0 Å². The fourth-order valence-corrected chi connectivity index (χ4v) is 1.40. The Morgan fingerprint density at radius 2 is 2.00 bits per heavy atom. The summed E-state index contributed by atoms with van der Waals surface area (Å²) in [7, 11) is 0. The van der Waals surface area contributed by atoms with Gasteiger partial charge in [-0.25, -0.2) is 9.18 Å². The summed E-state index contributed by atoms with van der Waals surface area (Å²) in [4.78, 5) is 14.5. The molecule has 2 aromatic rings. The second-order valence-corrected chi connectivity index (χ2v) is 3.40. The van der Waals surface area contributed by atoms with Crippen LogP contribution in [-0.2, 0) is 0 Å². The Kier molecular flexibility index (Phi) is 2.74. The van der Waals surface area contributed by atoms with Gasteiger partial charge in [-0.2, -0.15) is 0 Å². The molecule has 17 heavy (non-hydrogen) atoms. The second-order valence-electron chi connectivity index (χ2n) is 3.40. The van der Waals surface area contributed by atoms with Crippen molar-refractivity contribution in [3.63, 3.8) is 0 Å². The molecule has 86 valence electrons. The number of aromatic nitrogens is 1. The molecule has 2 N–H and O–H groups in total. The normalized spacial score (nSPS) is 10.2. The summed E-state index contributed by atoms with van der Waals surface area (Å²) in [6, 6.07) is 6.69. The Morgan fingerprint density at radius 1 is 1.24 bits per heavy atom. The van der Waals surface area contributed by atoms with Gasteiger partial charge in [-0.15, -0.1) is 0 Å². The van der Waals surface area contributed by atoms with Gasteiger partial charge in [0.15, 0.2) is 0 Å². The molecule has 1 aromatic heterocycles. The molecule has 0 amide bonds. The zero-order chi connectivity index (χ0) is 12.4. The van der Waals surface area contributed by atoms with Crippen LogP contribution in [0.2, 0.25) is 0 Å². The fourth-order valence-electron chi connectivity index (χ4n) is 1.40. The third-order valence-electron chi connectivity index (χ3n) is 2.24. The van der Waals surface area contributed by atoms with E-state index in [1.54, 1.807) is 0 Å². The maximum atomic E-state index is 13.4. The van der Waals surface area contributed by atoms with E-state index in [0.29, 0.717) is 11.3 Å². The first-order valence-electron chi connectivity index (χ1n) is 4.76. The van der Waals surface area contributed by atoms with Crippen LogP contribution in [0.25, 0.3) is 11.3 Å². The number of nitrogens with zero attached hydrogens (tertiary/aromatic N) is 1. The first kappa shape index (κ1) is 11.1. The monoisotopic (exact) mass is 233 g/mol. The smallest absolute Gasteiger partial charge is 0.338 e. The maximum absolute atomic E-state index is 13.4. The van der Waals surface area contributed by atoms with E-state index in [1.165, 1.54) is 30.5 Å². The minimum atomic E-state index is -1.31. The first-order valence-corrected chi connectivity index (χ1v) is 4.76. The summed E-state index contributed by atoms with van der Waals surface area (Å²) in [6.45, 7) is 0. The van der Waals surface area contributed by atoms with Gasteiger partial charge in [0.05, 0.1) is 17.5 Å². The molecule has 0 spiro atoms. The van der Waals surface area contributed by atoms with Gasteiger partial charge in [-0.1, -0.05) is 6.07 Å². The lowest BCUT2D eigenvalue weighted by atomic mass is 10.1. The summed E-state index contributed by atoms with van der Waals surface area (Å²) in [6.07, 6.45) is 1.23. The maximum Gasteiger partial charge on any atom is 0.338 e. The minimum absolute atomic E-state index is 0.0105. The first-order chi connectivity index (χ1) is 8.08. The van der Waals surface area contributed by atoms with Gasteiger partial charge in [-0.3, -0.25) is 4.98 Å². The van der Waals surface area contributed by atoms with Crippen molar-refractivity contribution >= 4 is 5.97 Å². The molecule has 0 radical (unpaired) electrons. The molecule has 0 atom stereocenters. The molecule has 2 rings (SSSR count). The van der Waals surface area contributed by atoms with Gasteiger partial charge in [0.1, 0.15) is 11.6 Å². The second kappa shape index (κ2) is 4.21. The summed E-state index contributed by atoms with van der Waals surface area (Å²) in [5.41, 5.74) is 0.527. The van der Waals surface area contributed by atoms with Gasteiger partial charge in [-0.05, 0) is 24.3 Å². The molecule has 0 aliphatic heterocycles. The Morgan fingerprint density at radius 3 is 2.53 bits per heavy atom. The molecular weight excluding hydrogens is 225 g/mol. The van der Waals surface area contributed by atoms with Crippen molar-refractivity contribution in [1.82, 2.24) is 4.98 Å². The van der Waals surface area contributed by atoms with Crippen molar-refractivity contribution in [3.05, 3.63) is 47.9 Å². The van der Waals surface area contributed by atoms with Crippen LogP contribution in [0, 0.1) is 5.82 Å². The van der Waals surface area contributed by atoms with E-state index in [0.717, 1.165) is 6.07 Å². The topological polar surface area (TPSA) is 70.4 Å². The lowest BCUT2D eigenvalue weighted by Crippen LogP contribution is -2.00. The summed E-state index contributed by atoms with van der Waals surface area (Å²) in [5, 5.41) is 17.7. The third-order valence-corrected chi connectivity index (χ3v) is 2.24. The zero-order valence-corrected chi connectivity index (χ0v) is 8.59. The SMILES string of the molecule is O=C(O)c1ccc(-c2ccc(O)cn2)cc1F. The molecule has 0 saturated carbocycles. The molecule has 1 heterocycles. The average molecular weight is 233 g/mol. The predicted molar refractivity (Wildman–Crippen MR) is 58.3 cm³/mol. The average Bonchev–Trinajstić information content (AvgIpc) is 2.29. The van der Waals surface area contributed by atoms with Crippen molar-refractivity contribution in [2.75, 3.05) is 0 Å². The van der Waals surface area contributed by atoms with Crippen molar-refractivity contribution in [1.29, 1.82) is 0 Å². The van der Waals surface area contributed by atoms with Crippen LogP contribution in [0.3, 0.4) is 0 Å². The molecule has 0 aliphatic carbocycles. The number of carboxylic acids is 1. The third kappa shape index (κ3) is 2.23. The van der Waals surface area contributed by atoms with E-state index in [4.69, 9.17) is 10.2 Å². The summed E-state index contributed by atoms with van der Waals surface area (Å²) in [5.74, 6) is -2.12. The number of hydrogen-bond acceptors (Lipinski definition) is 3. The number of aromatic carboxylic acids is 1. The van der Waals surface area contributed by atoms with Crippen LogP contribution >= 0.6 is 0 Å². The van der Waals surface area contributed by atoms with Gasteiger partial charge < -0.3 is 10.2 Å². The number of halogens is 1. The number of benzene rings is 1. The predicted octanol–water partition coefficient (Wildman–Crippen LogP) is 2.29. The Balaban J connectivity index is 2.44. The molecular formula is C12H8FNO3. The number of pyridine rings is 1. The fraction of sp³-hybridized carbons (Fsp3) is 0. The lowest BCUT2D eigenvalue weighted by molar-refractivity contribution is 0.0692. The van der Waals surface area contributed by atoms with Crippen LogP contribution in [0.15, 0.2) is 36.5 Å². The highest BCUT2D eigenvalue weighted by Gasteiger charge is 2.11. The summed E-state index contributed by atoms with van der Waals surface area (Å²) < 4.78 is 13.4. The molecule has 0 saturated heterocycles. The Labute approximate surface area is 96.0 Å². The minimum Gasteiger partial charge on any atom is -0.506 e. The van der Waals surface area contributed by atoms with Crippen LogP contribution in [-0.4, -0.2) is 21.2 Å². The largest absolute Gasteiger partial charge is 0.506 e. The molecule has 5 heteroatoms. The Hall–Kier alpha value is -2.43. The van der Waals surface area contributed by atoms with Crippen molar-refractivity contribution in [2.24, 2.45) is 0 Å². The van der Waals surface area contributed by atoms with E-state index in [-0.39, 0.29) is 11.3 Å². The molecule has 0 aliphatic rings. The van der Waals surface area contributed by atoms with Crippen LogP contribution in [0.4, 0.5) is 4.39 Å². The summed E-state index contributed by atoms with van der Waals surface area (Å²) >= 11 is 0. The van der Waals surface area contributed by atoms with E-state index >= 15 is 0 Å².